The van der Waals surface area contributed by atoms with Gasteiger partial charge in [-0.2, -0.15) is 0 Å². The minimum absolute atomic E-state index is 0.0268. The first-order valence-corrected chi connectivity index (χ1v) is 11.0. The summed E-state index contributed by atoms with van der Waals surface area (Å²) < 4.78 is 5.66. The van der Waals surface area contributed by atoms with E-state index >= 15 is 0 Å². The van der Waals surface area contributed by atoms with Crippen molar-refractivity contribution in [3.05, 3.63) is 64.7 Å². The largest absolute Gasteiger partial charge is 0.488 e. The third-order valence-electron chi connectivity index (χ3n) is 5.67. The van der Waals surface area contributed by atoms with Crippen LogP contribution in [0.4, 0.5) is 5.69 Å². The quantitative estimate of drug-likeness (QED) is 0.685. The van der Waals surface area contributed by atoms with Crippen LogP contribution >= 0.6 is 11.6 Å². The average molecular weight is 426 g/mol. The van der Waals surface area contributed by atoms with Crippen LogP contribution in [0.2, 0.25) is 5.02 Å². The third kappa shape index (κ3) is 5.35. The van der Waals surface area contributed by atoms with Crippen molar-refractivity contribution >= 4 is 29.3 Å². The van der Waals surface area contributed by atoms with Gasteiger partial charge in [0, 0.05) is 49.0 Å². The number of carbonyl (C=O) groups excluding carboxylic acids is 1. The number of fused-ring (bicyclic) bond motifs is 1. The first kappa shape index (κ1) is 20.8. The molecule has 2 heterocycles. The number of hydrogen-bond donors (Lipinski definition) is 1. The minimum atomic E-state index is -0.0268. The van der Waals surface area contributed by atoms with Crippen molar-refractivity contribution in [2.75, 3.05) is 50.8 Å². The molecular weight excluding hydrogens is 398 g/mol. The number of nitrogens with one attached hydrogen (secondary N) is 1. The molecule has 0 atom stereocenters. The molecule has 0 radical (unpaired) electrons. The molecular formula is C24H28ClN3O2. The number of amides is 1. The van der Waals surface area contributed by atoms with Gasteiger partial charge in [0.15, 0.2) is 0 Å². The van der Waals surface area contributed by atoms with E-state index in [9.17, 15) is 4.79 Å². The SMILES string of the molecule is O=C(NCCCCN1CCN(c2ccc(Cl)cc2)CC1)C1=Cc2ccccc2OC1. The van der Waals surface area contributed by atoms with Gasteiger partial charge in [-0.05, 0) is 55.8 Å². The predicted octanol–water partition coefficient (Wildman–Crippen LogP) is 3.83. The Morgan fingerprint density at radius 3 is 2.57 bits per heavy atom. The summed E-state index contributed by atoms with van der Waals surface area (Å²) in [5.41, 5.74) is 2.89. The molecule has 30 heavy (non-hydrogen) atoms. The van der Waals surface area contributed by atoms with Crippen molar-refractivity contribution in [1.82, 2.24) is 10.2 Å². The molecule has 1 fully saturated rings. The van der Waals surface area contributed by atoms with Crippen LogP contribution in [0.5, 0.6) is 5.75 Å². The fourth-order valence-corrected chi connectivity index (χ4v) is 4.03. The van der Waals surface area contributed by atoms with Crippen LogP contribution in [0, 0.1) is 0 Å². The van der Waals surface area contributed by atoms with Crippen molar-refractivity contribution in [3.63, 3.8) is 0 Å². The highest BCUT2D eigenvalue weighted by Crippen LogP contribution is 2.25. The van der Waals surface area contributed by atoms with Gasteiger partial charge in [0.2, 0.25) is 0 Å². The summed E-state index contributed by atoms with van der Waals surface area (Å²) >= 11 is 5.98. The lowest BCUT2D eigenvalue weighted by molar-refractivity contribution is -0.117. The Morgan fingerprint density at radius 2 is 1.77 bits per heavy atom. The molecule has 0 unspecified atom stereocenters. The summed E-state index contributed by atoms with van der Waals surface area (Å²) in [6.45, 7) is 6.31. The summed E-state index contributed by atoms with van der Waals surface area (Å²) in [6, 6.07) is 15.9. The second kappa shape index (κ2) is 10.0. The number of hydrogen-bond acceptors (Lipinski definition) is 4. The Morgan fingerprint density at radius 1 is 1.00 bits per heavy atom. The summed E-state index contributed by atoms with van der Waals surface area (Å²) in [5.74, 6) is 0.811. The highest BCUT2D eigenvalue weighted by atomic mass is 35.5. The fraction of sp³-hybridized carbons (Fsp3) is 0.375. The molecule has 158 valence electrons. The van der Waals surface area contributed by atoms with Gasteiger partial charge in [-0.25, -0.2) is 0 Å². The number of para-hydroxylation sites is 1. The fourth-order valence-electron chi connectivity index (χ4n) is 3.90. The second-order valence-electron chi connectivity index (χ2n) is 7.76. The van der Waals surface area contributed by atoms with Crippen molar-refractivity contribution in [1.29, 1.82) is 0 Å². The molecule has 2 aliphatic rings. The van der Waals surface area contributed by atoms with Crippen LogP contribution in [-0.4, -0.2) is 56.7 Å². The van der Waals surface area contributed by atoms with Crippen molar-refractivity contribution < 1.29 is 9.53 Å². The van der Waals surface area contributed by atoms with Crippen LogP contribution in [0.1, 0.15) is 18.4 Å². The van der Waals surface area contributed by atoms with Crippen LogP contribution < -0.4 is 15.0 Å². The average Bonchev–Trinajstić information content (AvgIpc) is 2.79. The molecule has 2 aliphatic heterocycles. The van der Waals surface area contributed by atoms with Gasteiger partial charge in [-0.3, -0.25) is 9.69 Å². The van der Waals surface area contributed by atoms with Gasteiger partial charge >= 0.3 is 0 Å². The van der Waals surface area contributed by atoms with Crippen LogP contribution in [0.15, 0.2) is 54.1 Å². The van der Waals surface area contributed by atoms with Gasteiger partial charge in [0.25, 0.3) is 5.91 Å². The standard InChI is InChI=1S/C24H28ClN3O2/c25-21-7-9-22(10-8-21)28-15-13-27(14-16-28)12-4-3-11-26-24(29)20-17-19-5-1-2-6-23(19)30-18-20/h1-2,5-10,17H,3-4,11-16,18H2,(H,26,29). The molecule has 0 spiro atoms. The summed E-state index contributed by atoms with van der Waals surface area (Å²) in [4.78, 5) is 17.3. The molecule has 0 bridgehead atoms. The van der Waals surface area contributed by atoms with Gasteiger partial charge in [-0.15, -0.1) is 0 Å². The van der Waals surface area contributed by atoms with Gasteiger partial charge in [-0.1, -0.05) is 29.8 Å². The third-order valence-corrected chi connectivity index (χ3v) is 5.93. The van der Waals surface area contributed by atoms with Gasteiger partial charge in [0.1, 0.15) is 12.4 Å². The maximum Gasteiger partial charge on any atom is 0.250 e. The minimum Gasteiger partial charge on any atom is -0.488 e. The van der Waals surface area contributed by atoms with Crippen LogP contribution in [-0.2, 0) is 4.79 Å². The molecule has 0 saturated carbocycles. The highest BCUT2D eigenvalue weighted by molar-refractivity contribution is 6.30. The van der Waals surface area contributed by atoms with E-state index in [0.29, 0.717) is 18.7 Å². The van der Waals surface area contributed by atoms with E-state index in [0.717, 1.165) is 61.9 Å². The number of benzene rings is 2. The summed E-state index contributed by atoms with van der Waals surface area (Å²) in [5, 5.41) is 3.81. The lowest BCUT2D eigenvalue weighted by atomic mass is 10.1. The second-order valence-corrected chi connectivity index (χ2v) is 8.20. The lowest BCUT2D eigenvalue weighted by Gasteiger charge is -2.36. The van der Waals surface area contributed by atoms with E-state index in [1.165, 1.54) is 5.69 Å². The maximum atomic E-state index is 12.4. The first-order chi connectivity index (χ1) is 14.7. The topological polar surface area (TPSA) is 44.8 Å². The monoisotopic (exact) mass is 425 g/mol. The molecule has 2 aromatic rings. The number of rotatable bonds is 7. The normalized spacial score (nSPS) is 16.4. The number of ether oxygens (including phenoxy) is 1. The van der Waals surface area contributed by atoms with E-state index in [1.54, 1.807) is 0 Å². The Labute approximate surface area is 183 Å². The van der Waals surface area contributed by atoms with Crippen molar-refractivity contribution in [3.8, 4) is 5.75 Å². The summed E-state index contributed by atoms with van der Waals surface area (Å²) in [7, 11) is 0. The molecule has 1 amide bonds. The Hall–Kier alpha value is -2.50. The predicted molar refractivity (Wildman–Crippen MR) is 122 cm³/mol. The van der Waals surface area contributed by atoms with Crippen molar-refractivity contribution in [2.24, 2.45) is 0 Å². The number of anilines is 1. The number of halogens is 1. The number of carbonyl (C=O) groups is 1. The molecule has 6 heteroatoms. The van der Waals surface area contributed by atoms with Crippen molar-refractivity contribution in [2.45, 2.75) is 12.8 Å². The van der Waals surface area contributed by atoms with Gasteiger partial charge in [0.05, 0.1) is 5.57 Å². The maximum absolute atomic E-state index is 12.4. The molecule has 2 aromatic carbocycles. The Bertz CT molecular complexity index is 890. The molecule has 1 N–H and O–H groups in total. The van der Waals surface area contributed by atoms with E-state index in [1.807, 2.05) is 42.5 Å². The molecule has 4 rings (SSSR count). The smallest absolute Gasteiger partial charge is 0.250 e. The number of nitrogens with zero attached hydrogens (tertiary/aromatic N) is 2. The molecule has 5 nitrogen and oxygen atoms in total. The molecule has 1 saturated heterocycles. The zero-order valence-corrected chi connectivity index (χ0v) is 17.9. The van der Waals surface area contributed by atoms with Gasteiger partial charge < -0.3 is 15.0 Å². The Balaban J connectivity index is 1.12. The van der Waals surface area contributed by atoms with E-state index in [4.69, 9.17) is 16.3 Å². The van der Waals surface area contributed by atoms with E-state index < -0.39 is 0 Å². The lowest BCUT2D eigenvalue weighted by Crippen LogP contribution is -2.46. The van der Waals surface area contributed by atoms with Crippen LogP contribution in [0.25, 0.3) is 6.08 Å². The zero-order chi connectivity index (χ0) is 20.8. The molecule has 0 aliphatic carbocycles. The molecule has 0 aromatic heterocycles. The number of unbranched alkanes of at least 4 members (excludes halogenated alkanes) is 1. The zero-order valence-electron chi connectivity index (χ0n) is 17.1. The summed E-state index contributed by atoms with van der Waals surface area (Å²) in [6.07, 6.45) is 3.99. The first-order valence-electron chi connectivity index (χ1n) is 10.6. The van der Waals surface area contributed by atoms with E-state index in [2.05, 4.69) is 27.2 Å². The van der Waals surface area contributed by atoms with Crippen LogP contribution in [0.3, 0.4) is 0 Å². The number of piperazine rings is 1. The van der Waals surface area contributed by atoms with E-state index in [-0.39, 0.29) is 5.91 Å². The Kier molecular flexibility index (Phi) is 6.92. The highest BCUT2D eigenvalue weighted by Gasteiger charge is 2.18.